The van der Waals surface area contributed by atoms with Crippen molar-refractivity contribution in [1.29, 1.82) is 0 Å². The summed E-state index contributed by atoms with van der Waals surface area (Å²) in [6, 6.07) is 4.14. The quantitative estimate of drug-likeness (QED) is 0.357. The normalized spacial score (nSPS) is 23.9. The number of hydrogen-bond acceptors (Lipinski definition) is 6. The van der Waals surface area contributed by atoms with E-state index in [1.165, 1.54) is 23.5 Å². The number of nitrogens with zero attached hydrogens (tertiary/aromatic N) is 2. The Hall–Kier alpha value is -2.44. The van der Waals surface area contributed by atoms with Crippen LogP contribution in [0.15, 0.2) is 40.5 Å². The Balaban J connectivity index is 1.53. The topological polar surface area (TPSA) is 97.9 Å². The molecule has 1 aromatic carbocycles. The summed E-state index contributed by atoms with van der Waals surface area (Å²) >= 11 is 3.32. The molecule has 0 bridgehead atoms. The molecule has 1 saturated heterocycles. The third-order valence-corrected chi connectivity index (χ3v) is 6.65. The van der Waals surface area contributed by atoms with E-state index in [-0.39, 0.29) is 23.6 Å². The SMILES string of the molecule is O=C(CN1NC(Br)/N=C/NC2=C(C1=O)C1(CCNCC1)CC2)Nc1ccc(C(F)(F)F)cc1. The van der Waals surface area contributed by atoms with Gasteiger partial charge < -0.3 is 16.0 Å². The second-order valence-corrected chi connectivity index (χ2v) is 9.15. The van der Waals surface area contributed by atoms with Crippen LogP contribution in [0.25, 0.3) is 0 Å². The van der Waals surface area contributed by atoms with Gasteiger partial charge in [-0.3, -0.25) is 14.6 Å². The molecular weight excluding hydrogens is 505 g/mol. The summed E-state index contributed by atoms with van der Waals surface area (Å²) in [5.74, 6) is -0.861. The molecule has 8 nitrogen and oxygen atoms in total. The lowest BCUT2D eigenvalue weighted by Crippen LogP contribution is -2.52. The summed E-state index contributed by atoms with van der Waals surface area (Å²) in [6.45, 7) is 1.27. The summed E-state index contributed by atoms with van der Waals surface area (Å²) in [7, 11) is 0. The van der Waals surface area contributed by atoms with Crippen LogP contribution in [0.1, 0.15) is 31.2 Å². The second kappa shape index (κ2) is 9.43. The highest BCUT2D eigenvalue weighted by atomic mass is 79.9. The molecule has 2 aliphatic heterocycles. The van der Waals surface area contributed by atoms with E-state index in [9.17, 15) is 22.8 Å². The Bertz CT molecular complexity index is 973. The molecule has 1 atom stereocenters. The number of nitrogens with one attached hydrogen (secondary N) is 4. The Morgan fingerprint density at radius 2 is 1.91 bits per heavy atom. The van der Waals surface area contributed by atoms with Gasteiger partial charge in [0.05, 0.1) is 11.9 Å². The predicted octanol–water partition coefficient (Wildman–Crippen LogP) is 2.70. The van der Waals surface area contributed by atoms with Crippen molar-refractivity contribution in [2.24, 2.45) is 10.4 Å². The maximum absolute atomic E-state index is 13.7. The molecular formula is C21H24BrF3N6O2. The lowest BCUT2D eigenvalue weighted by atomic mass is 9.73. The van der Waals surface area contributed by atoms with Gasteiger partial charge in [-0.25, -0.2) is 4.99 Å². The maximum Gasteiger partial charge on any atom is 0.416 e. The van der Waals surface area contributed by atoms with Gasteiger partial charge in [0, 0.05) is 22.4 Å². The lowest BCUT2D eigenvalue weighted by Gasteiger charge is -2.37. The van der Waals surface area contributed by atoms with Crippen LogP contribution in [0.4, 0.5) is 18.9 Å². The van der Waals surface area contributed by atoms with Gasteiger partial charge in [-0.15, -0.1) is 0 Å². The minimum atomic E-state index is -4.46. The number of alkyl halides is 4. The van der Waals surface area contributed by atoms with Crippen molar-refractivity contribution in [1.82, 2.24) is 21.1 Å². The highest BCUT2D eigenvalue weighted by molar-refractivity contribution is 9.09. The molecule has 2 amide bonds. The smallest absolute Gasteiger partial charge is 0.350 e. The van der Waals surface area contributed by atoms with E-state index in [0.717, 1.165) is 50.2 Å². The van der Waals surface area contributed by atoms with Gasteiger partial charge in [0.25, 0.3) is 5.91 Å². The molecule has 1 fully saturated rings. The minimum Gasteiger partial charge on any atom is -0.350 e. The minimum absolute atomic E-state index is 0.204. The predicted molar refractivity (Wildman–Crippen MR) is 120 cm³/mol. The third-order valence-electron chi connectivity index (χ3n) is 6.21. The van der Waals surface area contributed by atoms with Gasteiger partial charge in [-0.05, 0) is 79.0 Å². The first-order valence-electron chi connectivity index (χ1n) is 10.6. The summed E-state index contributed by atoms with van der Waals surface area (Å²) in [5.41, 5.74) is 3.49. The number of hydrazine groups is 1. The molecule has 1 aliphatic carbocycles. The van der Waals surface area contributed by atoms with Crippen LogP contribution in [0.3, 0.4) is 0 Å². The van der Waals surface area contributed by atoms with Crippen molar-refractivity contribution in [2.45, 2.75) is 36.9 Å². The molecule has 1 aromatic rings. The van der Waals surface area contributed by atoms with Crippen molar-refractivity contribution >= 4 is 39.8 Å². The average Bonchev–Trinajstić information content (AvgIpc) is 3.11. The number of carbonyl (C=O) groups excluding carboxylic acids is 2. The number of carbonyl (C=O) groups is 2. The summed E-state index contributed by atoms with van der Waals surface area (Å²) in [5, 5.41) is 9.58. The van der Waals surface area contributed by atoms with Crippen molar-refractivity contribution in [2.75, 3.05) is 25.0 Å². The third kappa shape index (κ3) is 5.22. The zero-order chi connectivity index (χ0) is 23.6. The van der Waals surface area contributed by atoms with Crippen LogP contribution in [-0.2, 0) is 15.8 Å². The molecule has 0 saturated carbocycles. The van der Waals surface area contributed by atoms with Crippen LogP contribution in [-0.4, -0.2) is 47.9 Å². The number of halogens is 4. The fraction of sp³-hybridized carbons (Fsp3) is 0.476. The molecule has 3 aliphatic rings. The Labute approximate surface area is 197 Å². The number of hydrogen-bond donors (Lipinski definition) is 4. The number of aliphatic imine (C=N–C) groups is 1. The standard InChI is InChI=1S/C21H24BrF3N6O2/c22-19-28-12-27-15-5-6-20(7-9-26-10-8-20)17(15)18(33)31(30-19)11-16(32)29-14-3-1-13(2-4-14)21(23,24)25/h1-4,12,19,26,30H,5-11H2,(H,27,28)(H,29,32). The highest BCUT2D eigenvalue weighted by Crippen LogP contribution is 2.49. The van der Waals surface area contributed by atoms with Crippen LogP contribution < -0.4 is 21.4 Å². The van der Waals surface area contributed by atoms with E-state index >= 15 is 0 Å². The van der Waals surface area contributed by atoms with E-state index in [0.29, 0.717) is 12.0 Å². The van der Waals surface area contributed by atoms with E-state index in [4.69, 9.17) is 0 Å². The molecule has 0 radical (unpaired) electrons. The van der Waals surface area contributed by atoms with E-state index in [1.54, 1.807) is 0 Å². The molecule has 178 valence electrons. The molecule has 0 aromatic heterocycles. The zero-order valence-corrected chi connectivity index (χ0v) is 19.2. The van der Waals surface area contributed by atoms with Crippen molar-refractivity contribution in [3.05, 3.63) is 41.1 Å². The van der Waals surface area contributed by atoms with Crippen LogP contribution in [0.2, 0.25) is 0 Å². The number of allylic oxidation sites excluding steroid dienone is 1. The van der Waals surface area contributed by atoms with Gasteiger partial charge in [-0.1, -0.05) is 0 Å². The molecule has 1 unspecified atom stereocenters. The number of fused-ring (bicyclic) bond motifs is 1. The van der Waals surface area contributed by atoms with Gasteiger partial charge >= 0.3 is 6.18 Å². The van der Waals surface area contributed by atoms with Crippen LogP contribution >= 0.6 is 15.9 Å². The molecule has 1 spiro atoms. The van der Waals surface area contributed by atoms with Crippen LogP contribution in [0.5, 0.6) is 0 Å². The average molecular weight is 529 g/mol. The van der Waals surface area contributed by atoms with Crippen molar-refractivity contribution in [3.8, 4) is 0 Å². The summed E-state index contributed by atoms with van der Waals surface area (Å²) in [4.78, 5) is 30.6. The first-order chi connectivity index (χ1) is 15.7. The van der Waals surface area contributed by atoms with Crippen molar-refractivity contribution in [3.63, 3.8) is 0 Å². The number of anilines is 1. The molecule has 2 heterocycles. The zero-order valence-electron chi connectivity index (χ0n) is 17.6. The Morgan fingerprint density at radius 3 is 2.58 bits per heavy atom. The van der Waals surface area contributed by atoms with E-state index in [2.05, 4.69) is 42.3 Å². The molecule has 12 heteroatoms. The number of rotatable bonds is 3. The fourth-order valence-corrected chi connectivity index (χ4v) is 4.95. The fourth-order valence-electron chi connectivity index (χ4n) is 4.58. The molecule has 4 N–H and O–H groups in total. The van der Waals surface area contributed by atoms with Crippen molar-refractivity contribution < 1.29 is 22.8 Å². The molecule has 33 heavy (non-hydrogen) atoms. The largest absolute Gasteiger partial charge is 0.416 e. The lowest BCUT2D eigenvalue weighted by molar-refractivity contribution is -0.137. The van der Waals surface area contributed by atoms with Gasteiger partial charge in [-0.2, -0.15) is 18.6 Å². The first kappa shape index (κ1) is 23.7. The van der Waals surface area contributed by atoms with E-state index in [1.807, 2.05) is 0 Å². The van der Waals surface area contributed by atoms with Gasteiger partial charge in [0.2, 0.25) is 5.91 Å². The second-order valence-electron chi connectivity index (χ2n) is 8.29. The van der Waals surface area contributed by atoms with Gasteiger partial charge in [0.1, 0.15) is 6.54 Å². The Kier molecular flexibility index (Phi) is 6.78. The van der Waals surface area contributed by atoms with Gasteiger partial charge in [0.15, 0.2) is 5.08 Å². The highest BCUT2D eigenvalue weighted by Gasteiger charge is 2.46. The molecule has 4 rings (SSSR count). The number of benzene rings is 1. The van der Waals surface area contributed by atoms with E-state index < -0.39 is 22.7 Å². The number of piperidine rings is 1. The summed E-state index contributed by atoms with van der Waals surface area (Å²) in [6.07, 6.45) is 0.264. The Morgan fingerprint density at radius 1 is 1.21 bits per heavy atom. The monoisotopic (exact) mass is 528 g/mol. The number of amides is 2. The van der Waals surface area contributed by atoms with Crippen LogP contribution in [0, 0.1) is 5.41 Å². The first-order valence-corrected chi connectivity index (χ1v) is 11.5. The maximum atomic E-state index is 13.7. The summed E-state index contributed by atoms with van der Waals surface area (Å²) < 4.78 is 38.3.